The summed E-state index contributed by atoms with van der Waals surface area (Å²) in [6.45, 7) is 1.98. The Kier molecular flexibility index (Phi) is 7.55. The zero-order chi connectivity index (χ0) is 25.5. The van der Waals surface area contributed by atoms with Crippen molar-refractivity contribution in [3.8, 4) is 17.1 Å². The predicted molar refractivity (Wildman–Crippen MR) is 134 cm³/mol. The SMILES string of the molecule is Cc1ccc(S(=O)(=O)Nc2ncc(-c3ccc(CCC(=O)O)cc3)nc2OCc2cccnc2)cc1. The first-order valence-corrected chi connectivity index (χ1v) is 12.6. The molecule has 0 saturated heterocycles. The van der Waals surface area contributed by atoms with Crippen LogP contribution in [0.2, 0.25) is 0 Å². The van der Waals surface area contributed by atoms with E-state index >= 15 is 0 Å². The number of aryl methyl sites for hydroxylation is 2. The molecule has 4 aromatic rings. The van der Waals surface area contributed by atoms with Gasteiger partial charge in [0.15, 0.2) is 0 Å². The van der Waals surface area contributed by atoms with E-state index in [9.17, 15) is 13.2 Å². The normalized spacial score (nSPS) is 11.1. The quantitative estimate of drug-likeness (QED) is 0.328. The summed E-state index contributed by atoms with van der Waals surface area (Å²) >= 11 is 0. The number of rotatable bonds is 10. The number of hydrogen-bond acceptors (Lipinski definition) is 7. The van der Waals surface area contributed by atoms with Gasteiger partial charge >= 0.3 is 5.97 Å². The van der Waals surface area contributed by atoms with Crippen LogP contribution in [0.4, 0.5) is 5.82 Å². The second kappa shape index (κ2) is 11.0. The second-order valence-corrected chi connectivity index (χ2v) is 9.75. The molecular weight excluding hydrogens is 480 g/mol. The third-order valence-corrected chi connectivity index (χ3v) is 6.63. The Hall–Kier alpha value is -4.31. The molecule has 0 bridgehead atoms. The van der Waals surface area contributed by atoms with Crippen molar-refractivity contribution in [1.82, 2.24) is 15.0 Å². The van der Waals surface area contributed by atoms with Crippen LogP contribution in [0.1, 0.15) is 23.1 Å². The largest absolute Gasteiger partial charge is 0.481 e. The zero-order valence-electron chi connectivity index (χ0n) is 19.5. The van der Waals surface area contributed by atoms with Crippen LogP contribution < -0.4 is 9.46 Å². The molecule has 0 atom stereocenters. The van der Waals surface area contributed by atoms with Crippen LogP contribution in [0.15, 0.2) is 84.1 Å². The number of aromatic nitrogens is 3. The lowest BCUT2D eigenvalue weighted by Gasteiger charge is -2.13. The van der Waals surface area contributed by atoms with Gasteiger partial charge in [0.05, 0.1) is 16.8 Å². The molecule has 9 nitrogen and oxygen atoms in total. The molecule has 0 aliphatic heterocycles. The fourth-order valence-electron chi connectivity index (χ4n) is 3.31. The highest BCUT2D eigenvalue weighted by molar-refractivity contribution is 7.92. The maximum Gasteiger partial charge on any atom is 0.303 e. The van der Waals surface area contributed by atoms with Crippen LogP contribution in [0.5, 0.6) is 5.88 Å². The van der Waals surface area contributed by atoms with Crippen molar-refractivity contribution in [1.29, 1.82) is 0 Å². The molecule has 2 heterocycles. The molecule has 184 valence electrons. The van der Waals surface area contributed by atoms with Gasteiger partial charge in [-0.2, -0.15) is 0 Å². The van der Waals surface area contributed by atoms with Crippen molar-refractivity contribution in [3.63, 3.8) is 0 Å². The molecule has 2 aromatic carbocycles. The molecule has 2 N–H and O–H groups in total. The smallest absolute Gasteiger partial charge is 0.303 e. The number of hydrogen-bond donors (Lipinski definition) is 2. The van der Waals surface area contributed by atoms with E-state index in [1.807, 2.05) is 37.3 Å². The minimum absolute atomic E-state index is 0.0157. The van der Waals surface area contributed by atoms with Gasteiger partial charge < -0.3 is 9.84 Å². The third-order valence-electron chi connectivity index (χ3n) is 5.28. The van der Waals surface area contributed by atoms with E-state index in [1.54, 1.807) is 30.6 Å². The molecular formula is C26H24N4O5S. The number of carboxylic acid groups (broad SMARTS) is 1. The number of carboxylic acids is 1. The van der Waals surface area contributed by atoms with Gasteiger partial charge in [0.1, 0.15) is 6.61 Å². The Bertz CT molecular complexity index is 1440. The molecule has 2 aromatic heterocycles. The third kappa shape index (κ3) is 6.42. The van der Waals surface area contributed by atoms with E-state index in [0.717, 1.165) is 22.3 Å². The average Bonchev–Trinajstić information content (AvgIpc) is 2.88. The Labute approximate surface area is 208 Å². The molecule has 10 heteroatoms. The highest BCUT2D eigenvalue weighted by Gasteiger charge is 2.20. The first-order valence-electron chi connectivity index (χ1n) is 11.1. The van der Waals surface area contributed by atoms with Gasteiger partial charge in [0.25, 0.3) is 15.9 Å². The van der Waals surface area contributed by atoms with Gasteiger partial charge in [0.2, 0.25) is 5.82 Å². The molecule has 4 rings (SSSR count). The number of benzene rings is 2. The number of pyridine rings is 1. The lowest BCUT2D eigenvalue weighted by molar-refractivity contribution is -0.136. The standard InChI is InChI=1S/C26H24N4O5S/c1-18-4-11-22(12-5-18)36(33,34)30-25-26(35-17-20-3-2-14-27-15-20)29-23(16-28-25)21-9-6-19(7-10-21)8-13-24(31)32/h2-7,9-12,14-16H,8,13,17H2,1H3,(H,28,30)(H,31,32). The fourth-order valence-corrected chi connectivity index (χ4v) is 4.32. The monoisotopic (exact) mass is 504 g/mol. The van der Waals surface area contributed by atoms with Crippen LogP contribution in [-0.4, -0.2) is 34.4 Å². The minimum Gasteiger partial charge on any atom is -0.481 e. The molecule has 0 unspecified atom stereocenters. The molecule has 0 saturated carbocycles. The summed E-state index contributed by atoms with van der Waals surface area (Å²) in [5, 5.41) is 8.88. The van der Waals surface area contributed by atoms with Gasteiger partial charge in [-0.15, -0.1) is 0 Å². The van der Waals surface area contributed by atoms with Crippen molar-refractivity contribution in [3.05, 3.63) is 95.9 Å². The Morgan fingerprint density at radius 3 is 2.42 bits per heavy atom. The lowest BCUT2D eigenvalue weighted by Crippen LogP contribution is -2.15. The molecule has 0 radical (unpaired) electrons. The van der Waals surface area contributed by atoms with Gasteiger partial charge in [0, 0.05) is 29.9 Å². The molecule has 0 aliphatic carbocycles. The van der Waals surface area contributed by atoms with Crippen LogP contribution in [0.25, 0.3) is 11.3 Å². The lowest BCUT2D eigenvalue weighted by atomic mass is 10.1. The van der Waals surface area contributed by atoms with Crippen molar-refractivity contribution in [2.24, 2.45) is 0 Å². The van der Waals surface area contributed by atoms with E-state index in [0.29, 0.717) is 12.1 Å². The molecule has 0 fully saturated rings. The first-order chi connectivity index (χ1) is 17.3. The van der Waals surface area contributed by atoms with E-state index < -0.39 is 16.0 Å². The summed E-state index contributed by atoms with van der Waals surface area (Å²) in [6.07, 6.45) is 5.20. The number of carbonyl (C=O) groups is 1. The summed E-state index contributed by atoms with van der Waals surface area (Å²) < 4.78 is 34.3. The summed E-state index contributed by atoms with van der Waals surface area (Å²) in [5.41, 5.74) is 3.79. The van der Waals surface area contributed by atoms with Crippen molar-refractivity contribution >= 4 is 21.8 Å². The van der Waals surface area contributed by atoms with Crippen LogP contribution in [-0.2, 0) is 27.8 Å². The van der Waals surface area contributed by atoms with E-state index in [2.05, 4.69) is 19.7 Å². The van der Waals surface area contributed by atoms with Gasteiger partial charge in [-0.1, -0.05) is 48.0 Å². The molecule has 36 heavy (non-hydrogen) atoms. The molecule has 0 amide bonds. The van der Waals surface area contributed by atoms with Gasteiger partial charge in [-0.3, -0.25) is 14.5 Å². The Morgan fingerprint density at radius 2 is 1.75 bits per heavy atom. The van der Waals surface area contributed by atoms with Crippen LogP contribution >= 0.6 is 0 Å². The average molecular weight is 505 g/mol. The summed E-state index contributed by atoms with van der Waals surface area (Å²) in [6, 6.07) is 17.3. The van der Waals surface area contributed by atoms with Crippen molar-refractivity contribution in [2.45, 2.75) is 31.3 Å². The van der Waals surface area contributed by atoms with Gasteiger partial charge in [-0.05, 0) is 37.1 Å². The maximum atomic E-state index is 13.0. The molecule has 0 spiro atoms. The summed E-state index contributed by atoms with van der Waals surface area (Å²) in [7, 11) is -3.92. The topological polar surface area (TPSA) is 131 Å². The number of sulfonamides is 1. The Morgan fingerprint density at radius 1 is 1.00 bits per heavy atom. The van der Waals surface area contributed by atoms with E-state index in [4.69, 9.17) is 9.84 Å². The summed E-state index contributed by atoms with van der Waals surface area (Å²) in [5.74, 6) is -0.882. The predicted octanol–water partition coefficient (Wildman–Crippen LogP) is 4.24. The van der Waals surface area contributed by atoms with E-state index in [1.165, 1.54) is 18.3 Å². The van der Waals surface area contributed by atoms with Gasteiger partial charge in [-0.25, -0.2) is 18.4 Å². The number of ether oxygens (including phenoxy) is 1. The number of nitrogens with zero attached hydrogens (tertiary/aromatic N) is 3. The minimum atomic E-state index is -3.92. The fraction of sp³-hybridized carbons (Fsp3) is 0.154. The number of anilines is 1. The van der Waals surface area contributed by atoms with Crippen LogP contribution in [0.3, 0.4) is 0 Å². The van der Waals surface area contributed by atoms with Crippen molar-refractivity contribution < 1.29 is 23.1 Å². The molecule has 0 aliphatic rings. The summed E-state index contributed by atoms with van der Waals surface area (Å²) in [4.78, 5) is 23.8. The Balaban J connectivity index is 1.63. The maximum absolute atomic E-state index is 13.0. The van der Waals surface area contributed by atoms with Crippen molar-refractivity contribution in [2.75, 3.05) is 4.72 Å². The second-order valence-electron chi connectivity index (χ2n) is 8.07. The highest BCUT2D eigenvalue weighted by atomic mass is 32.2. The van der Waals surface area contributed by atoms with E-state index in [-0.39, 0.29) is 29.6 Å². The zero-order valence-corrected chi connectivity index (χ0v) is 20.3. The first kappa shape index (κ1) is 24.8. The number of aliphatic carboxylic acids is 1. The highest BCUT2D eigenvalue weighted by Crippen LogP contribution is 2.28. The van der Waals surface area contributed by atoms with Crippen LogP contribution in [0, 0.1) is 6.92 Å². The number of nitrogens with one attached hydrogen (secondary N) is 1.